The van der Waals surface area contributed by atoms with Crippen LogP contribution < -0.4 is 0 Å². The zero-order valence-corrected chi connectivity index (χ0v) is 15.5. The number of unbranched alkanes of at least 4 members (excludes halogenated alkanes) is 11. The van der Waals surface area contributed by atoms with E-state index in [2.05, 4.69) is 6.92 Å². The summed E-state index contributed by atoms with van der Waals surface area (Å²) >= 11 is 0. The SMILES string of the molecule is CCCCCCCCCCCCCO.O=C(O)CCCCC(=O)O. The molecule has 144 valence electrons. The second-order valence-electron chi connectivity index (χ2n) is 6.25. The van der Waals surface area contributed by atoms with Gasteiger partial charge in [0.2, 0.25) is 0 Å². The highest BCUT2D eigenvalue weighted by atomic mass is 16.4. The summed E-state index contributed by atoms with van der Waals surface area (Å²) in [6, 6.07) is 0. The van der Waals surface area contributed by atoms with Crippen LogP contribution in [0, 0.1) is 0 Å². The van der Waals surface area contributed by atoms with Crippen molar-refractivity contribution in [1.82, 2.24) is 0 Å². The smallest absolute Gasteiger partial charge is 0.303 e. The molecule has 0 fully saturated rings. The molecule has 0 bridgehead atoms. The van der Waals surface area contributed by atoms with Crippen molar-refractivity contribution in [2.24, 2.45) is 0 Å². The molecule has 0 spiro atoms. The summed E-state index contributed by atoms with van der Waals surface area (Å²) in [4.78, 5) is 19.8. The van der Waals surface area contributed by atoms with E-state index in [1.54, 1.807) is 0 Å². The number of aliphatic hydroxyl groups excluding tert-OH is 1. The van der Waals surface area contributed by atoms with Crippen molar-refractivity contribution >= 4 is 11.9 Å². The quantitative estimate of drug-likeness (QED) is 0.342. The maximum Gasteiger partial charge on any atom is 0.303 e. The van der Waals surface area contributed by atoms with E-state index in [0.29, 0.717) is 19.4 Å². The monoisotopic (exact) mass is 346 g/mol. The van der Waals surface area contributed by atoms with Gasteiger partial charge >= 0.3 is 11.9 Å². The summed E-state index contributed by atoms with van der Waals surface area (Å²) in [5.41, 5.74) is 0. The van der Waals surface area contributed by atoms with E-state index in [1.165, 1.54) is 64.2 Å². The standard InChI is InChI=1S/C13H28O.C6H10O4/c1-2-3-4-5-6-7-8-9-10-11-12-13-14;7-5(8)3-1-2-4-6(9)10/h14H,2-13H2,1H3;1-4H2,(H,7,8)(H,9,10). The largest absolute Gasteiger partial charge is 0.481 e. The van der Waals surface area contributed by atoms with Gasteiger partial charge in [-0.15, -0.1) is 0 Å². The number of rotatable bonds is 16. The predicted octanol–water partition coefficient (Wildman–Crippen LogP) is 5.01. The number of aliphatic carboxylic acids is 2. The van der Waals surface area contributed by atoms with Crippen molar-refractivity contribution in [2.75, 3.05) is 6.61 Å². The lowest BCUT2D eigenvalue weighted by atomic mass is 10.1. The third kappa shape index (κ3) is 29.0. The molecule has 0 heterocycles. The van der Waals surface area contributed by atoms with Gasteiger partial charge < -0.3 is 15.3 Å². The van der Waals surface area contributed by atoms with Crippen LogP contribution in [0.4, 0.5) is 0 Å². The molecule has 0 atom stereocenters. The van der Waals surface area contributed by atoms with E-state index in [4.69, 9.17) is 15.3 Å². The van der Waals surface area contributed by atoms with Gasteiger partial charge in [0.1, 0.15) is 0 Å². The van der Waals surface area contributed by atoms with Crippen LogP contribution in [0.15, 0.2) is 0 Å². The van der Waals surface area contributed by atoms with E-state index in [1.807, 2.05) is 0 Å². The van der Waals surface area contributed by atoms with Crippen LogP contribution in [0.25, 0.3) is 0 Å². The molecule has 0 saturated heterocycles. The molecule has 0 rings (SSSR count). The second kappa shape index (κ2) is 21.9. The molecule has 0 aromatic rings. The Morgan fingerprint density at radius 1 is 0.583 bits per heavy atom. The van der Waals surface area contributed by atoms with Crippen LogP contribution in [0.2, 0.25) is 0 Å². The fourth-order valence-electron chi connectivity index (χ4n) is 2.33. The van der Waals surface area contributed by atoms with Crippen molar-refractivity contribution in [1.29, 1.82) is 0 Å². The molecule has 0 aromatic heterocycles. The minimum atomic E-state index is -0.870. The van der Waals surface area contributed by atoms with Gasteiger partial charge in [-0.05, 0) is 19.3 Å². The molecule has 0 aliphatic carbocycles. The topological polar surface area (TPSA) is 94.8 Å². The molecule has 24 heavy (non-hydrogen) atoms. The lowest BCUT2D eigenvalue weighted by Crippen LogP contribution is -1.97. The van der Waals surface area contributed by atoms with Gasteiger partial charge in [0.05, 0.1) is 0 Å². The highest BCUT2D eigenvalue weighted by Gasteiger charge is 1.99. The van der Waals surface area contributed by atoms with Crippen molar-refractivity contribution in [3.63, 3.8) is 0 Å². The Balaban J connectivity index is 0. The van der Waals surface area contributed by atoms with E-state index in [9.17, 15) is 9.59 Å². The first kappa shape index (κ1) is 25.1. The molecule has 5 nitrogen and oxygen atoms in total. The fourth-order valence-corrected chi connectivity index (χ4v) is 2.33. The predicted molar refractivity (Wildman–Crippen MR) is 97.3 cm³/mol. The molecule has 0 saturated carbocycles. The average molecular weight is 347 g/mol. The van der Waals surface area contributed by atoms with Gasteiger partial charge in [0.15, 0.2) is 0 Å². The number of carbonyl (C=O) groups is 2. The van der Waals surface area contributed by atoms with E-state index >= 15 is 0 Å². The van der Waals surface area contributed by atoms with E-state index < -0.39 is 11.9 Å². The minimum Gasteiger partial charge on any atom is -0.481 e. The van der Waals surface area contributed by atoms with Gasteiger partial charge in [-0.1, -0.05) is 71.1 Å². The van der Waals surface area contributed by atoms with Gasteiger partial charge in [0, 0.05) is 19.4 Å². The molecule has 0 aromatic carbocycles. The number of carboxylic acid groups (broad SMARTS) is 2. The van der Waals surface area contributed by atoms with E-state index in [0.717, 1.165) is 6.42 Å². The molecule has 3 N–H and O–H groups in total. The van der Waals surface area contributed by atoms with Crippen LogP contribution in [-0.2, 0) is 9.59 Å². The summed E-state index contributed by atoms with van der Waals surface area (Å²) in [5.74, 6) is -1.74. The van der Waals surface area contributed by atoms with Crippen LogP contribution in [0.5, 0.6) is 0 Å². The third-order valence-corrected chi connectivity index (χ3v) is 3.79. The Morgan fingerprint density at radius 3 is 1.21 bits per heavy atom. The first-order valence-electron chi connectivity index (χ1n) is 9.59. The third-order valence-electron chi connectivity index (χ3n) is 3.79. The Kier molecular flexibility index (Phi) is 22.9. The molecule has 0 radical (unpaired) electrons. The summed E-state index contributed by atoms with van der Waals surface area (Å²) < 4.78 is 0. The molecular formula is C19H38O5. The zero-order valence-electron chi connectivity index (χ0n) is 15.5. The Labute approximate surface area is 147 Å². The van der Waals surface area contributed by atoms with Crippen molar-refractivity contribution in [3.05, 3.63) is 0 Å². The lowest BCUT2D eigenvalue weighted by molar-refractivity contribution is -0.139. The average Bonchev–Trinajstić information content (AvgIpc) is 2.54. The molecule has 0 unspecified atom stereocenters. The van der Waals surface area contributed by atoms with Crippen molar-refractivity contribution in [3.8, 4) is 0 Å². The Hall–Kier alpha value is -1.10. The van der Waals surface area contributed by atoms with Gasteiger partial charge in [-0.3, -0.25) is 9.59 Å². The normalized spacial score (nSPS) is 10.1. The number of carboxylic acids is 2. The number of hydrogen-bond donors (Lipinski definition) is 3. The van der Waals surface area contributed by atoms with Gasteiger partial charge in [-0.2, -0.15) is 0 Å². The summed E-state index contributed by atoms with van der Waals surface area (Å²) in [6.45, 7) is 2.64. The van der Waals surface area contributed by atoms with Gasteiger partial charge in [0.25, 0.3) is 0 Å². The summed E-state index contributed by atoms with van der Waals surface area (Å²) in [7, 11) is 0. The van der Waals surface area contributed by atoms with Crippen LogP contribution >= 0.6 is 0 Å². The zero-order chi connectivity index (χ0) is 18.5. The molecule has 0 aliphatic heterocycles. The number of aliphatic hydroxyl groups is 1. The van der Waals surface area contributed by atoms with Crippen LogP contribution in [0.1, 0.15) is 103 Å². The Bertz CT molecular complexity index is 251. The first-order valence-corrected chi connectivity index (χ1v) is 9.59. The van der Waals surface area contributed by atoms with Crippen LogP contribution in [-0.4, -0.2) is 33.9 Å². The summed E-state index contributed by atoms with van der Waals surface area (Å²) in [6.07, 6.45) is 15.8. The van der Waals surface area contributed by atoms with Crippen molar-refractivity contribution in [2.45, 2.75) is 103 Å². The van der Waals surface area contributed by atoms with E-state index in [-0.39, 0.29) is 12.8 Å². The number of hydrogen-bond acceptors (Lipinski definition) is 3. The highest BCUT2D eigenvalue weighted by Crippen LogP contribution is 2.10. The lowest BCUT2D eigenvalue weighted by Gasteiger charge is -2.01. The van der Waals surface area contributed by atoms with Crippen molar-refractivity contribution < 1.29 is 24.9 Å². The Morgan fingerprint density at radius 2 is 0.917 bits per heavy atom. The van der Waals surface area contributed by atoms with Crippen LogP contribution in [0.3, 0.4) is 0 Å². The molecule has 0 amide bonds. The maximum atomic E-state index is 9.90. The molecular weight excluding hydrogens is 308 g/mol. The molecule has 0 aliphatic rings. The fraction of sp³-hybridized carbons (Fsp3) is 0.895. The molecule has 5 heteroatoms. The second-order valence-corrected chi connectivity index (χ2v) is 6.25. The minimum absolute atomic E-state index is 0.0628. The summed E-state index contributed by atoms with van der Waals surface area (Å²) in [5, 5.41) is 24.9. The van der Waals surface area contributed by atoms with Gasteiger partial charge in [-0.25, -0.2) is 0 Å². The first-order chi connectivity index (χ1) is 11.5. The maximum absolute atomic E-state index is 9.90. The highest BCUT2D eigenvalue weighted by molar-refractivity contribution is 5.67.